The van der Waals surface area contributed by atoms with Crippen molar-refractivity contribution in [3.05, 3.63) is 11.4 Å². The third-order valence-electron chi connectivity index (χ3n) is 3.38. The average molecular weight is 320 g/mol. The molecule has 1 aliphatic carbocycles. The Bertz CT molecular complexity index is 593. The van der Waals surface area contributed by atoms with Crippen molar-refractivity contribution in [1.29, 1.82) is 0 Å². The van der Waals surface area contributed by atoms with Crippen molar-refractivity contribution in [3.63, 3.8) is 0 Å². The molecule has 1 aromatic rings. The molecule has 2 N–H and O–H groups in total. The molecule has 20 heavy (non-hydrogen) atoms. The first kappa shape index (κ1) is 15.3. The van der Waals surface area contributed by atoms with E-state index in [1.165, 1.54) is 12.8 Å². The fraction of sp³-hybridized carbons (Fsp3) is 0.667. The minimum absolute atomic E-state index is 0.150. The lowest BCUT2D eigenvalue weighted by molar-refractivity contribution is 0.0944. The number of carbonyl (C=O) groups is 1. The standard InChI is InChI=1S/C12H18ClN3O3S/c1-2-9-11(20(13,18)19)10(16-15-9)12(17)14-7-3-4-8-5-6-8/h8H,2-7H2,1H3,(H,14,17)(H,15,16). The van der Waals surface area contributed by atoms with E-state index in [2.05, 4.69) is 15.5 Å². The van der Waals surface area contributed by atoms with Gasteiger partial charge in [0.15, 0.2) is 5.69 Å². The van der Waals surface area contributed by atoms with Gasteiger partial charge in [-0.15, -0.1) is 0 Å². The Morgan fingerprint density at radius 3 is 2.75 bits per heavy atom. The van der Waals surface area contributed by atoms with Crippen molar-refractivity contribution < 1.29 is 13.2 Å². The summed E-state index contributed by atoms with van der Waals surface area (Å²) in [5, 5.41) is 9.02. The van der Waals surface area contributed by atoms with Crippen molar-refractivity contribution in [2.24, 2.45) is 5.92 Å². The molecule has 0 aromatic carbocycles. The van der Waals surface area contributed by atoms with Crippen LogP contribution in [0.3, 0.4) is 0 Å². The van der Waals surface area contributed by atoms with Gasteiger partial charge >= 0.3 is 0 Å². The van der Waals surface area contributed by atoms with Crippen molar-refractivity contribution in [3.8, 4) is 0 Å². The summed E-state index contributed by atoms with van der Waals surface area (Å²) in [6.07, 6.45) is 4.96. The lowest BCUT2D eigenvalue weighted by atomic mass is 10.2. The van der Waals surface area contributed by atoms with Crippen LogP contribution in [0.4, 0.5) is 0 Å². The van der Waals surface area contributed by atoms with Crippen molar-refractivity contribution >= 4 is 25.6 Å². The number of halogens is 1. The average Bonchev–Trinajstić information content (AvgIpc) is 3.08. The SMILES string of the molecule is CCc1[nH]nc(C(=O)NCCCC2CC2)c1S(=O)(=O)Cl. The number of nitrogens with one attached hydrogen (secondary N) is 2. The fourth-order valence-corrected chi connectivity index (χ4v) is 3.46. The van der Waals surface area contributed by atoms with Gasteiger partial charge in [0.25, 0.3) is 15.0 Å². The van der Waals surface area contributed by atoms with E-state index in [0.717, 1.165) is 18.8 Å². The Kier molecular flexibility index (Phi) is 4.70. The number of hydrogen-bond acceptors (Lipinski definition) is 4. The normalized spacial score (nSPS) is 15.3. The second kappa shape index (κ2) is 6.13. The predicted molar refractivity (Wildman–Crippen MR) is 75.3 cm³/mol. The van der Waals surface area contributed by atoms with E-state index in [1.807, 2.05) is 0 Å². The lowest BCUT2D eigenvalue weighted by Gasteiger charge is -2.04. The van der Waals surface area contributed by atoms with E-state index in [-0.39, 0.29) is 10.6 Å². The van der Waals surface area contributed by atoms with E-state index < -0.39 is 15.0 Å². The minimum atomic E-state index is -3.99. The van der Waals surface area contributed by atoms with E-state index in [0.29, 0.717) is 18.7 Å². The molecular formula is C12H18ClN3O3S. The van der Waals surface area contributed by atoms with Crippen LogP contribution in [0, 0.1) is 5.92 Å². The number of nitrogens with zero attached hydrogens (tertiary/aromatic N) is 1. The topological polar surface area (TPSA) is 91.9 Å². The van der Waals surface area contributed by atoms with Crippen molar-refractivity contribution in [2.45, 2.75) is 43.9 Å². The maximum Gasteiger partial charge on any atom is 0.273 e. The monoisotopic (exact) mass is 319 g/mol. The first-order chi connectivity index (χ1) is 9.43. The van der Waals surface area contributed by atoms with Crippen LogP contribution in [0.1, 0.15) is 48.8 Å². The van der Waals surface area contributed by atoms with Gasteiger partial charge in [-0.05, 0) is 25.2 Å². The van der Waals surface area contributed by atoms with Gasteiger partial charge < -0.3 is 5.32 Å². The quantitative estimate of drug-likeness (QED) is 0.592. The van der Waals surface area contributed by atoms with Crippen LogP contribution in [0.5, 0.6) is 0 Å². The first-order valence-corrected chi connectivity index (χ1v) is 9.04. The van der Waals surface area contributed by atoms with Gasteiger partial charge in [0, 0.05) is 17.2 Å². The summed E-state index contributed by atoms with van der Waals surface area (Å²) < 4.78 is 23.1. The van der Waals surface area contributed by atoms with Gasteiger partial charge in [-0.25, -0.2) is 8.42 Å². The van der Waals surface area contributed by atoms with Crippen LogP contribution in [0.25, 0.3) is 0 Å². The zero-order valence-electron chi connectivity index (χ0n) is 11.3. The second-order valence-corrected chi connectivity index (χ2v) is 7.52. The molecule has 1 aliphatic rings. The van der Waals surface area contributed by atoms with Crippen LogP contribution in [0.2, 0.25) is 0 Å². The molecule has 1 amide bonds. The molecule has 0 atom stereocenters. The van der Waals surface area contributed by atoms with E-state index in [9.17, 15) is 13.2 Å². The third-order valence-corrected chi connectivity index (χ3v) is 4.77. The number of carbonyl (C=O) groups excluding carboxylic acids is 1. The number of rotatable bonds is 7. The molecule has 0 saturated heterocycles. The highest BCUT2D eigenvalue weighted by Crippen LogP contribution is 2.33. The molecular weight excluding hydrogens is 302 g/mol. The van der Waals surface area contributed by atoms with Gasteiger partial charge in [-0.3, -0.25) is 9.89 Å². The highest BCUT2D eigenvalue weighted by Gasteiger charge is 2.27. The number of H-pyrrole nitrogens is 1. The Morgan fingerprint density at radius 2 is 2.20 bits per heavy atom. The van der Waals surface area contributed by atoms with Crippen LogP contribution in [0.15, 0.2) is 4.90 Å². The van der Waals surface area contributed by atoms with Gasteiger partial charge in [-0.1, -0.05) is 19.8 Å². The Hall–Kier alpha value is -1.08. The van der Waals surface area contributed by atoms with Crippen molar-refractivity contribution in [2.75, 3.05) is 6.54 Å². The number of aromatic amines is 1. The van der Waals surface area contributed by atoms with Gasteiger partial charge in [0.05, 0.1) is 5.69 Å². The highest BCUT2D eigenvalue weighted by atomic mass is 35.7. The molecule has 1 saturated carbocycles. The Morgan fingerprint density at radius 1 is 1.50 bits per heavy atom. The molecule has 112 valence electrons. The molecule has 0 radical (unpaired) electrons. The second-order valence-electron chi connectivity index (χ2n) is 5.01. The van der Waals surface area contributed by atoms with Gasteiger partial charge in [-0.2, -0.15) is 5.10 Å². The number of aryl methyl sites for hydroxylation is 1. The number of aromatic nitrogens is 2. The molecule has 0 unspecified atom stereocenters. The van der Waals surface area contributed by atoms with Crippen LogP contribution in [-0.2, 0) is 15.5 Å². The molecule has 0 bridgehead atoms. The summed E-state index contributed by atoms with van der Waals surface area (Å²) in [5.74, 6) is 0.304. The van der Waals surface area contributed by atoms with Crippen LogP contribution in [-0.4, -0.2) is 31.1 Å². The maximum absolute atomic E-state index is 12.0. The largest absolute Gasteiger partial charge is 0.351 e. The molecule has 2 rings (SSSR count). The molecule has 1 heterocycles. The maximum atomic E-state index is 12.0. The van der Waals surface area contributed by atoms with Gasteiger partial charge in [0.1, 0.15) is 4.90 Å². The zero-order chi connectivity index (χ0) is 14.8. The van der Waals surface area contributed by atoms with Crippen LogP contribution < -0.4 is 5.32 Å². The highest BCUT2D eigenvalue weighted by molar-refractivity contribution is 8.13. The van der Waals surface area contributed by atoms with Gasteiger partial charge in [0.2, 0.25) is 0 Å². The molecule has 0 aliphatic heterocycles. The van der Waals surface area contributed by atoms with Crippen LogP contribution >= 0.6 is 10.7 Å². The predicted octanol–water partition coefficient (Wildman–Crippen LogP) is 1.82. The summed E-state index contributed by atoms with van der Waals surface area (Å²) in [6, 6.07) is 0. The summed E-state index contributed by atoms with van der Waals surface area (Å²) in [7, 11) is 1.38. The molecule has 6 nitrogen and oxygen atoms in total. The Labute approximate surface area is 122 Å². The molecule has 1 aromatic heterocycles. The third kappa shape index (κ3) is 3.73. The fourth-order valence-electron chi connectivity index (χ4n) is 2.11. The summed E-state index contributed by atoms with van der Waals surface area (Å²) in [6.45, 7) is 2.28. The summed E-state index contributed by atoms with van der Waals surface area (Å²) in [4.78, 5) is 11.8. The lowest BCUT2D eigenvalue weighted by Crippen LogP contribution is -2.26. The van der Waals surface area contributed by atoms with Crippen molar-refractivity contribution in [1.82, 2.24) is 15.5 Å². The zero-order valence-corrected chi connectivity index (χ0v) is 12.9. The first-order valence-electron chi connectivity index (χ1n) is 6.73. The number of hydrogen-bond donors (Lipinski definition) is 2. The minimum Gasteiger partial charge on any atom is -0.351 e. The Balaban J connectivity index is 2.03. The molecule has 1 fully saturated rings. The van der Waals surface area contributed by atoms with E-state index in [1.54, 1.807) is 6.92 Å². The summed E-state index contributed by atoms with van der Waals surface area (Å²) in [5.41, 5.74) is 0.200. The smallest absolute Gasteiger partial charge is 0.273 e. The number of amides is 1. The molecule has 8 heteroatoms. The van der Waals surface area contributed by atoms with E-state index >= 15 is 0 Å². The van der Waals surface area contributed by atoms with E-state index in [4.69, 9.17) is 10.7 Å². The summed E-state index contributed by atoms with van der Waals surface area (Å²) >= 11 is 0. The molecule has 0 spiro atoms.